The number of amides is 1. The van der Waals surface area contributed by atoms with E-state index < -0.39 is 17.6 Å². The van der Waals surface area contributed by atoms with Crippen LogP contribution in [0.2, 0.25) is 0 Å². The minimum absolute atomic E-state index is 0.0775. The zero-order valence-corrected chi connectivity index (χ0v) is 13.3. The predicted molar refractivity (Wildman–Crippen MR) is 83.7 cm³/mol. The second kappa shape index (κ2) is 7.39. The van der Waals surface area contributed by atoms with Gasteiger partial charge < -0.3 is 9.80 Å². The van der Waals surface area contributed by atoms with Crippen molar-refractivity contribution < 1.29 is 18.0 Å². The van der Waals surface area contributed by atoms with Crippen molar-refractivity contribution in [1.29, 1.82) is 0 Å². The van der Waals surface area contributed by atoms with Crippen molar-refractivity contribution in [2.24, 2.45) is 0 Å². The Bertz CT molecular complexity index is 689. The van der Waals surface area contributed by atoms with E-state index >= 15 is 0 Å². The smallest absolute Gasteiger partial charge is 0.308 e. The lowest BCUT2D eigenvalue weighted by atomic mass is 10.1. The molecule has 5 nitrogen and oxygen atoms in total. The average Bonchev–Trinajstić information content (AvgIpc) is 2.55. The molecular weight excluding hydrogens is 321 g/mol. The van der Waals surface area contributed by atoms with E-state index in [1.165, 1.54) is 35.6 Å². The average molecular weight is 338 g/mol. The third kappa shape index (κ3) is 4.51. The lowest BCUT2D eigenvalue weighted by molar-refractivity contribution is -0.137. The van der Waals surface area contributed by atoms with Crippen molar-refractivity contribution in [3.63, 3.8) is 0 Å². The summed E-state index contributed by atoms with van der Waals surface area (Å²) in [4.78, 5) is 23.5. The van der Waals surface area contributed by atoms with E-state index in [1.807, 2.05) is 19.0 Å². The molecule has 0 spiro atoms. The molecule has 128 valence electrons. The van der Waals surface area contributed by atoms with Crippen molar-refractivity contribution >= 4 is 11.6 Å². The van der Waals surface area contributed by atoms with Gasteiger partial charge in [0.2, 0.25) is 0 Å². The second-order valence-electron chi connectivity index (χ2n) is 5.40. The predicted octanol–water partition coefficient (Wildman–Crippen LogP) is 2.70. The number of hydrogen-bond acceptors (Lipinski definition) is 4. The van der Waals surface area contributed by atoms with Crippen LogP contribution < -0.4 is 4.90 Å². The highest BCUT2D eigenvalue weighted by Gasteiger charge is 2.31. The number of alkyl halides is 3. The fraction of sp³-hybridized carbons (Fsp3) is 0.312. The maximum atomic E-state index is 12.9. The number of carbonyl (C=O) groups is 1. The highest BCUT2D eigenvalue weighted by molar-refractivity contribution is 6.04. The van der Waals surface area contributed by atoms with Gasteiger partial charge in [0.05, 0.1) is 11.8 Å². The molecule has 1 aromatic carbocycles. The van der Waals surface area contributed by atoms with Crippen LogP contribution in [0.4, 0.5) is 18.9 Å². The largest absolute Gasteiger partial charge is 0.416 e. The highest BCUT2D eigenvalue weighted by Crippen LogP contribution is 2.31. The number of anilines is 1. The summed E-state index contributed by atoms with van der Waals surface area (Å²) in [5.74, 6) is -0.496. The van der Waals surface area contributed by atoms with Crippen molar-refractivity contribution in [1.82, 2.24) is 14.9 Å². The topological polar surface area (TPSA) is 49.3 Å². The first-order valence-electron chi connectivity index (χ1n) is 7.19. The van der Waals surface area contributed by atoms with Gasteiger partial charge in [0, 0.05) is 31.2 Å². The molecule has 1 heterocycles. The minimum Gasteiger partial charge on any atom is -0.308 e. The molecule has 0 aliphatic heterocycles. The lowest BCUT2D eigenvalue weighted by Gasteiger charge is -2.25. The summed E-state index contributed by atoms with van der Waals surface area (Å²) in [5, 5.41) is 0. The minimum atomic E-state index is -4.47. The summed E-state index contributed by atoms with van der Waals surface area (Å²) in [6, 6.07) is 4.69. The monoisotopic (exact) mass is 338 g/mol. The van der Waals surface area contributed by atoms with E-state index in [-0.39, 0.29) is 17.9 Å². The molecule has 0 atom stereocenters. The van der Waals surface area contributed by atoms with Gasteiger partial charge in [0.15, 0.2) is 0 Å². The molecule has 0 saturated carbocycles. The first-order valence-corrected chi connectivity index (χ1v) is 7.19. The first kappa shape index (κ1) is 17.9. The van der Waals surface area contributed by atoms with Gasteiger partial charge in [-0.2, -0.15) is 13.2 Å². The fourth-order valence-corrected chi connectivity index (χ4v) is 2.05. The molecule has 0 unspecified atom stereocenters. The Morgan fingerprint density at radius 1 is 1.17 bits per heavy atom. The maximum Gasteiger partial charge on any atom is 0.416 e. The van der Waals surface area contributed by atoms with E-state index in [0.717, 1.165) is 12.1 Å². The molecule has 0 saturated heterocycles. The molecule has 0 radical (unpaired) electrons. The Labute approximate surface area is 137 Å². The summed E-state index contributed by atoms with van der Waals surface area (Å²) in [6.45, 7) is 0.714. The zero-order valence-electron chi connectivity index (χ0n) is 13.3. The van der Waals surface area contributed by atoms with Crippen molar-refractivity contribution in [3.8, 4) is 0 Å². The summed E-state index contributed by atoms with van der Waals surface area (Å²) in [7, 11) is 3.63. The van der Waals surface area contributed by atoms with E-state index in [1.54, 1.807) is 0 Å². The molecule has 0 bridgehead atoms. The van der Waals surface area contributed by atoms with Crippen LogP contribution in [0.5, 0.6) is 0 Å². The third-order valence-electron chi connectivity index (χ3n) is 3.28. The van der Waals surface area contributed by atoms with Gasteiger partial charge in [-0.25, -0.2) is 4.98 Å². The van der Waals surface area contributed by atoms with Gasteiger partial charge in [-0.15, -0.1) is 0 Å². The Morgan fingerprint density at radius 2 is 1.92 bits per heavy atom. The summed E-state index contributed by atoms with van der Waals surface area (Å²) < 4.78 is 38.8. The number of nitrogens with zero attached hydrogens (tertiary/aromatic N) is 4. The summed E-state index contributed by atoms with van der Waals surface area (Å²) in [5.41, 5.74) is -0.558. The highest BCUT2D eigenvalue weighted by atomic mass is 19.4. The number of hydrogen-bond donors (Lipinski definition) is 0. The summed E-state index contributed by atoms with van der Waals surface area (Å²) >= 11 is 0. The number of benzene rings is 1. The van der Waals surface area contributed by atoms with Crippen LogP contribution >= 0.6 is 0 Å². The normalized spacial score (nSPS) is 11.6. The van der Waals surface area contributed by atoms with Gasteiger partial charge >= 0.3 is 6.18 Å². The first-order chi connectivity index (χ1) is 11.3. The van der Waals surface area contributed by atoms with E-state index in [4.69, 9.17) is 0 Å². The second-order valence-corrected chi connectivity index (χ2v) is 5.40. The number of carbonyl (C=O) groups excluding carboxylic acids is 1. The standard InChI is InChI=1S/C16H17F3N4O/c1-22(2)8-9-23(15(24)14-11-20-6-7-21-14)13-5-3-4-12(10-13)16(17,18)19/h3-7,10-11H,8-9H2,1-2H3. The molecular formula is C16H17F3N4O. The molecule has 24 heavy (non-hydrogen) atoms. The van der Waals surface area contributed by atoms with Crippen molar-refractivity contribution in [2.75, 3.05) is 32.1 Å². The van der Waals surface area contributed by atoms with Crippen LogP contribution in [0.25, 0.3) is 0 Å². The molecule has 1 aromatic heterocycles. The van der Waals surface area contributed by atoms with Crippen LogP contribution in [0.15, 0.2) is 42.9 Å². The number of likely N-dealkylation sites (N-methyl/N-ethyl adjacent to an activating group) is 1. The molecule has 8 heteroatoms. The number of halogens is 3. The van der Waals surface area contributed by atoms with Crippen molar-refractivity contribution in [2.45, 2.75) is 6.18 Å². The van der Waals surface area contributed by atoms with E-state index in [2.05, 4.69) is 9.97 Å². The third-order valence-corrected chi connectivity index (χ3v) is 3.28. The van der Waals surface area contributed by atoms with Crippen LogP contribution in [-0.2, 0) is 6.18 Å². The SMILES string of the molecule is CN(C)CCN(C(=O)c1cnccn1)c1cccc(C(F)(F)F)c1. The van der Waals surface area contributed by atoms with Crippen LogP contribution in [-0.4, -0.2) is 48.0 Å². The van der Waals surface area contributed by atoms with Gasteiger partial charge in [0.25, 0.3) is 5.91 Å². The molecule has 0 aliphatic carbocycles. The van der Waals surface area contributed by atoms with E-state index in [0.29, 0.717) is 6.54 Å². The van der Waals surface area contributed by atoms with Crippen LogP contribution in [0.3, 0.4) is 0 Å². The van der Waals surface area contributed by atoms with Gasteiger partial charge in [0.1, 0.15) is 5.69 Å². The fourth-order valence-electron chi connectivity index (χ4n) is 2.05. The Morgan fingerprint density at radius 3 is 2.50 bits per heavy atom. The number of aromatic nitrogens is 2. The quantitative estimate of drug-likeness (QED) is 0.841. The van der Waals surface area contributed by atoms with Crippen LogP contribution in [0.1, 0.15) is 16.1 Å². The molecule has 0 aliphatic rings. The van der Waals surface area contributed by atoms with Crippen LogP contribution in [0, 0.1) is 0 Å². The van der Waals surface area contributed by atoms with Gasteiger partial charge in [-0.05, 0) is 32.3 Å². The Balaban J connectivity index is 2.38. The molecule has 0 N–H and O–H groups in total. The van der Waals surface area contributed by atoms with E-state index in [9.17, 15) is 18.0 Å². The Hall–Kier alpha value is -2.48. The molecule has 2 aromatic rings. The number of rotatable bonds is 5. The lowest BCUT2D eigenvalue weighted by Crippen LogP contribution is -2.37. The maximum absolute atomic E-state index is 12.9. The molecule has 1 amide bonds. The van der Waals surface area contributed by atoms with Gasteiger partial charge in [-0.1, -0.05) is 6.07 Å². The van der Waals surface area contributed by atoms with Crippen molar-refractivity contribution in [3.05, 3.63) is 54.1 Å². The Kier molecular flexibility index (Phi) is 5.50. The summed E-state index contributed by atoms with van der Waals surface area (Å²) in [6.07, 6.45) is -0.397. The molecule has 2 rings (SSSR count). The van der Waals surface area contributed by atoms with Gasteiger partial charge in [-0.3, -0.25) is 9.78 Å². The molecule has 0 fully saturated rings. The zero-order chi connectivity index (χ0) is 17.7.